The lowest BCUT2D eigenvalue weighted by molar-refractivity contribution is -0.123. The summed E-state index contributed by atoms with van der Waals surface area (Å²) in [4.78, 5) is 11.8. The fraction of sp³-hybridized carbons (Fsp3) is 0.769. The van der Waals surface area contributed by atoms with Crippen molar-refractivity contribution >= 4 is 5.91 Å². The number of carbonyl (C=O) groups is 1. The van der Waals surface area contributed by atoms with Crippen molar-refractivity contribution in [3.05, 3.63) is 11.6 Å². The average molecular weight is 222 g/mol. The van der Waals surface area contributed by atoms with Gasteiger partial charge in [-0.05, 0) is 45.1 Å². The maximum absolute atomic E-state index is 11.8. The van der Waals surface area contributed by atoms with Crippen LogP contribution in [0.2, 0.25) is 0 Å². The third kappa shape index (κ3) is 3.34. The van der Waals surface area contributed by atoms with Crippen molar-refractivity contribution in [2.75, 3.05) is 13.1 Å². The largest absolute Gasteiger partial charge is 0.354 e. The molecule has 0 saturated carbocycles. The Balaban J connectivity index is 1.63. The number of amides is 1. The topological polar surface area (TPSA) is 41.1 Å². The average Bonchev–Trinajstić information content (AvgIpc) is 2.83. The lowest BCUT2D eigenvalue weighted by atomic mass is 10.0. The van der Waals surface area contributed by atoms with Gasteiger partial charge in [0.15, 0.2) is 0 Å². The van der Waals surface area contributed by atoms with Gasteiger partial charge in [-0.2, -0.15) is 0 Å². The molecule has 0 aromatic carbocycles. The van der Waals surface area contributed by atoms with Crippen LogP contribution in [0.15, 0.2) is 11.6 Å². The second-order valence-corrected chi connectivity index (χ2v) is 4.80. The standard InChI is InChI=1S/C13H22N2O/c16-13(12-7-3-4-9-14-12)15-10-8-11-5-1-2-6-11/h5,12,14H,1-4,6-10H2,(H,15,16). The summed E-state index contributed by atoms with van der Waals surface area (Å²) in [5, 5.41) is 6.31. The predicted molar refractivity (Wildman–Crippen MR) is 65.2 cm³/mol. The molecule has 1 atom stereocenters. The van der Waals surface area contributed by atoms with Crippen LogP contribution in [0.3, 0.4) is 0 Å². The highest BCUT2D eigenvalue weighted by Gasteiger charge is 2.19. The number of piperidine rings is 1. The summed E-state index contributed by atoms with van der Waals surface area (Å²) in [6.45, 7) is 1.80. The van der Waals surface area contributed by atoms with E-state index in [2.05, 4.69) is 16.7 Å². The molecule has 2 rings (SSSR count). The van der Waals surface area contributed by atoms with E-state index in [0.29, 0.717) is 0 Å². The van der Waals surface area contributed by atoms with E-state index < -0.39 is 0 Å². The van der Waals surface area contributed by atoms with Gasteiger partial charge in [-0.25, -0.2) is 0 Å². The molecule has 3 nitrogen and oxygen atoms in total. The molecule has 1 saturated heterocycles. The van der Waals surface area contributed by atoms with Gasteiger partial charge in [-0.1, -0.05) is 18.1 Å². The zero-order valence-electron chi connectivity index (χ0n) is 9.93. The van der Waals surface area contributed by atoms with E-state index in [9.17, 15) is 4.79 Å². The van der Waals surface area contributed by atoms with Crippen LogP contribution in [-0.2, 0) is 4.79 Å². The van der Waals surface area contributed by atoms with Crippen LogP contribution in [0.5, 0.6) is 0 Å². The Labute approximate surface area is 97.7 Å². The molecular formula is C13H22N2O. The van der Waals surface area contributed by atoms with Gasteiger partial charge in [-0.3, -0.25) is 4.79 Å². The third-order valence-electron chi connectivity index (χ3n) is 3.51. The molecule has 3 heteroatoms. The van der Waals surface area contributed by atoms with Gasteiger partial charge in [0.2, 0.25) is 5.91 Å². The SMILES string of the molecule is O=C(NCCC1=CCCC1)C1CCCCN1. The van der Waals surface area contributed by atoms with Crippen molar-refractivity contribution < 1.29 is 4.79 Å². The van der Waals surface area contributed by atoms with Crippen LogP contribution in [0, 0.1) is 0 Å². The fourth-order valence-corrected chi connectivity index (χ4v) is 2.51. The van der Waals surface area contributed by atoms with Crippen LogP contribution in [0.1, 0.15) is 44.9 Å². The molecule has 0 aromatic heterocycles. The van der Waals surface area contributed by atoms with E-state index in [0.717, 1.165) is 25.9 Å². The van der Waals surface area contributed by atoms with Gasteiger partial charge in [-0.15, -0.1) is 0 Å². The normalized spacial score (nSPS) is 25.2. The minimum absolute atomic E-state index is 0.0614. The zero-order chi connectivity index (χ0) is 11.2. The molecule has 0 radical (unpaired) electrons. The van der Waals surface area contributed by atoms with Gasteiger partial charge in [0, 0.05) is 6.54 Å². The summed E-state index contributed by atoms with van der Waals surface area (Å²) in [6, 6.07) is 0.0614. The molecule has 1 amide bonds. The van der Waals surface area contributed by atoms with Crippen molar-refractivity contribution in [3.8, 4) is 0 Å². The number of hydrogen-bond donors (Lipinski definition) is 2. The van der Waals surface area contributed by atoms with Crippen molar-refractivity contribution in [2.45, 2.75) is 51.0 Å². The number of rotatable bonds is 4. The molecular weight excluding hydrogens is 200 g/mol. The highest BCUT2D eigenvalue weighted by atomic mass is 16.2. The highest BCUT2D eigenvalue weighted by Crippen LogP contribution is 2.19. The highest BCUT2D eigenvalue weighted by molar-refractivity contribution is 5.81. The number of nitrogens with one attached hydrogen (secondary N) is 2. The summed E-state index contributed by atoms with van der Waals surface area (Å²) >= 11 is 0. The Morgan fingerprint density at radius 2 is 2.38 bits per heavy atom. The molecule has 2 N–H and O–H groups in total. The Kier molecular flexibility index (Phi) is 4.40. The number of hydrogen-bond acceptors (Lipinski definition) is 2. The van der Waals surface area contributed by atoms with Gasteiger partial charge >= 0.3 is 0 Å². The lowest BCUT2D eigenvalue weighted by Crippen LogP contribution is -2.46. The zero-order valence-corrected chi connectivity index (χ0v) is 9.93. The lowest BCUT2D eigenvalue weighted by Gasteiger charge is -2.22. The monoisotopic (exact) mass is 222 g/mol. The second kappa shape index (κ2) is 6.04. The van der Waals surface area contributed by atoms with Crippen molar-refractivity contribution in [2.24, 2.45) is 0 Å². The predicted octanol–water partition coefficient (Wildman–Crippen LogP) is 1.75. The smallest absolute Gasteiger partial charge is 0.237 e. The Bertz CT molecular complexity index is 267. The van der Waals surface area contributed by atoms with Crippen molar-refractivity contribution in [1.29, 1.82) is 0 Å². The maximum atomic E-state index is 11.8. The van der Waals surface area contributed by atoms with E-state index in [4.69, 9.17) is 0 Å². The third-order valence-corrected chi connectivity index (χ3v) is 3.51. The van der Waals surface area contributed by atoms with E-state index in [1.165, 1.54) is 37.7 Å². The molecule has 1 aliphatic heterocycles. The van der Waals surface area contributed by atoms with E-state index in [1.54, 1.807) is 0 Å². The van der Waals surface area contributed by atoms with Gasteiger partial charge in [0.1, 0.15) is 0 Å². The molecule has 0 aromatic rings. The second-order valence-electron chi connectivity index (χ2n) is 4.80. The van der Waals surface area contributed by atoms with E-state index in [1.807, 2.05) is 0 Å². The summed E-state index contributed by atoms with van der Waals surface area (Å²) in [5.74, 6) is 0.193. The minimum Gasteiger partial charge on any atom is -0.354 e. The Morgan fingerprint density at radius 1 is 1.44 bits per heavy atom. The van der Waals surface area contributed by atoms with Crippen LogP contribution < -0.4 is 10.6 Å². The summed E-state index contributed by atoms with van der Waals surface area (Å²) in [7, 11) is 0. The van der Waals surface area contributed by atoms with Crippen LogP contribution in [0.4, 0.5) is 0 Å². The molecule has 90 valence electrons. The minimum atomic E-state index is 0.0614. The molecule has 2 aliphatic rings. The summed E-state index contributed by atoms with van der Waals surface area (Å²) < 4.78 is 0. The number of allylic oxidation sites excluding steroid dienone is 1. The molecule has 16 heavy (non-hydrogen) atoms. The van der Waals surface area contributed by atoms with E-state index >= 15 is 0 Å². The van der Waals surface area contributed by atoms with Crippen LogP contribution in [0.25, 0.3) is 0 Å². The van der Waals surface area contributed by atoms with Crippen LogP contribution in [-0.4, -0.2) is 25.0 Å². The quantitative estimate of drug-likeness (QED) is 0.711. The van der Waals surface area contributed by atoms with Crippen LogP contribution >= 0.6 is 0 Å². The van der Waals surface area contributed by atoms with Gasteiger partial charge in [0.25, 0.3) is 0 Å². The first-order valence-electron chi connectivity index (χ1n) is 6.55. The number of carbonyl (C=O) groups excluding carboxylic acids is 1. The molecule has 1 heterocycles. The van der Waals surface area contributed by atoms with Gasteiger partial charge in [0.05, 0.1) is 6.04 Å². The fourth-order valence-electron chi connectivity index (χ4n) is 2.51. The Morgan fingerprint density at radius 3 is 3.06 bits per heavy atom. The molecule has 1 fully saturated rings. The van der Waals surface area contributed by atoms with Gasteiger partial charge < -0.3 is 10.6 Å². The molecule has 0 bridgehead atoms. The van der Waals surface area contributed by atoms with Crippen molar-refractivity contribution in [3.63, 3.8) is 0 Å². The summed E-state index contributed by atoms with van der Waals surface area (Å²) in [5.41, 5.74) is 1.52. The maximum Gasteiger partial charge on any atom is 0.237 e. The molecule has 1 aliphatic carbocycles. The Hall–Kier alpha value is -0.830. The van der Waals surface area contributed by atoms with E-state index in [-0.39, 0.29) is 11.9 Å². The first-order valence-corrected chi connectivity index (χ1v) is 6.55. The first kappa shape index (κ1) is 11.6. The molecule has 1 unspecified atom stereocenters. The molecule has 0 spiro atoms. The first-order chi connectivity index (χ1) is 7.86. The summed E-state index contributed by atoms with van der Waals surface area (Å²) in [6.07, 6.45) is 10.5. The van der Waals surface area contributed by atoms with Crippen molar-refractivity contribution in [1.82, 2.24) is 10.6 Å².